The van der Waals surface area contributed by atoms with Gasteiger partial charge in [-0.05, 0) is 30.7 Å². The first-order valence-electron chi connectivity index (χ1n) is 6.71. The molecule has 110 valence electrons. The van der Waals surface area contributed by atoms with Crippen LogP contribution in [0, 0.1) is 6.92 Å². The third kappa shape index (κ3) is 3.24. The first kappa shape index (κ1) is 15.5. The summed E-state index contributed by atoms with van der Waals surface area (Å²) in [6.45, 7) is 7.78. The van der Waals surface area contributed by atoms with Gasteiger partial charge in [0.2, 0.25) is 0 Å². The molecule has 0 unspecified atom stereocenters. The second-order valence-corrected chi connectivity index (χ2v) is 6.52. The summed E-state index contributed by atoms with van der Waals surface area (Å²) in [5, 5.41) is 10.1. The van der Waals surface area contributed by atoms with E-state index in [9.17, 15) is 9.90 Å². The molecule has 1 aromatic carbocycles. The molecule has 2 rings (SSSR count). The maximum atomic E-state index is 11.6. The van der Waals surface area contributed by atoms with Crippen LogP contribution in [0.5, 0.6) is 0 Å². The van der Waals surface area contributed by atoms with Gasteiger partial charge < -0.3 is 5.11 Å². The molecule has 0 fully saturated rings. The predicted molar refractivity (Wildman–Crippen MR) is 85.1 cm³/mol. The normalized spacial score (nSPS) is 11.5. The predicted octanol–water partition coefficient (Wildman–Crippen LogP) is 4.71. The zero-order valence-electron chi connectivity index (χ0n) is 12.6. The van der Waals surface area contributed by atoms with Crippen molar-refractivity contribution in [2.24, 2.45) is 0 Å². The van der Waals surface area contributed by atoms with E-state index < -0.39 is 5.97 Å². The van der Waals surface area contributed by atoms with Crippen molar-refractivity contribution in [2.75, 3.05) is 0 Å². The average molecular weight is 304 g/mol. The van der Waals surface area contributed by atoms with Crippen LogP contribution in [0.4, 0.5) is 0 Å². The van der Waals surface area contributed by atoms with Crippen molar-refractivity contribution in [1.82, 2.24) is 4.98 Å². The van der Waals surface area contributed by atoms with Gasteiger partial charge in [0.25, 0.3) is 0 Å². The molecule has 0 saturated heterocycles. The number of benzene rings is 1. The van der Waals surface area contributed by atoms with Gasteiger partial charge >= 0.3 is 5.97 Å². The zero-order valence-corrected chi connectivity index (χ0v) is 13.3. The minimum absolute atomic E-state index is 0.248. The summed E-state index contributed by atoms with van der Waals surface area (Å²) in [6, 6.07) is 9.01. The quantitative estimate of drug-likeness (QED) is 0.874. The van der Waals surface area contributed by atoms with E-state index in [0.717, 1.165) is 16.8 Å². The largest absolute Gasteiger partial charge is 0.478 e. The highest BCUT2D eigenvalue weighted by Crippen LogP contribution is 2.31. The number of carboxylic acids is 1. The van der Waals surface area contributed by atoms with Gasteiger partial charge in [0.05, 0.1) is 11.3 Å². The summed E-state index contributed by atoms with van der Waals surface area (Å²) in [5.41, 5.74) is 3.07. The van der Waals surface area contributed by atoms with E-state index in [4.69, 9.17) is 11.6 Å². The van der Waals surface area contributed by atoms with Crippen LogP contribution in [0.1, 0.15) is 42.5 Å². The molecule has 0 spiro atoms. The van der Waals surface area contributed by atoms with Crippen molar-refractivity contribution >= 4 is 17.6 Å². The number of nitrogens with zero attached hydrogens (tertiary/aromatic N) is 1. The van der Waals surface area contributed by atoms with E-state index >= 15 is 0 Å². The molecule has 0 aliphatic carbocycles. The number of hydrogen-bond donors (Lipinski definition) is 1. The first-order valence-corrected chi connectivity index (χ1v) is 7.09. The number of carboxylic acid groups (broad SMARTS) is 1. The van der Waals surface area contributed by atoms with Crippen molar-refractivity contribution in [2.45, 2.75) is 33.1 Å². The minimum atomic E-state index is -0.956. The molecule has 1 N–H and O–H groups in total. The van der Waals surface area contributed by atoms with Crippen LogP contribution in [0.2, 0.25) is 5.02 Å². The summed E-state index contributed by atoms with van der Waals surface area (Å²) < 4.78 is 0. The number of halogens is 1. The van der Waals surface area contributed by atoms with Crippen molar-refractivity contribution in [3.05, 3.63) is 52.3 Å². The van der Waals surface area contributed by atoms with E-state index in [1.54, 1.807) is 18.2 Å². The van der Waals surface area contributed by atoms with Gasteiger partial charge in [-0.15, -0.1) is 0 Å². The number of carbonyl (C=O) groups is 1. The van der Waals surface area contributed by atoms with Crippen LogP contribution >= 0.6 is 11.6 Å². The van der Waals surface area contributed by atoms with E-state index in [0.29, 0.717) is 10.7 Å². The monoisotopic (exact) mass is 303 g/mol. The number of aromatic carboxylic acids is 1. The molecule has 0 aliphatic heterocycles. The van der Waals surface area contributed by atoms with E-state index in [1.165, 1.54) is 0 Å². The fourth-order valence-corrected chi connectivity index (χ4v) is 2.39. The van der Waals surface area contributed by atoms with Crippen LogP contribution < -0.4 is 0 Å². The molecule has 0 atom stereocenters. The molecule has 0 radical (unpaired) electrons. The summed E-state index contributed by atoms with van der Waals surface area (Å²) >= 11 is 5.90. The molecule has 3 nitrogen and oxygen atoms in total. The highest BCUT2D eigenvalue weighted by Gasteiger charge is 2.25. The molecule has 1 heterocycles. The van der Waals surface area contributed by atoms with Gasteiger partial charge in [-0.25, -0.2) is 4.79 Å². The standard InChI is InChI=1S/C17H18ClNO2/c1-10-13(11-5-7-12(18)8-6-11)9-14(16(20)21)15(19-10)17(2,3)4/h5-9H,1-4H3,(H,20,21). The summed E-state index contributed by atoms with van der Waals surface area (Å²) in [4.78, 5) is 16.1. The lowest BCUT2D eigenvalue weighted by molar-refractivity contribution is 0.0693. The summed E-state index contributed by atoms with van der Waals surface area (Å²) in [5.74, 6) is -0.956. The molecule has 0 aliphatic rings. The highest BCUT2D eigenvalue weighted by molar-refractivity contribution is 6.30. The van der Waals surface area contributed by atoms with Crippen LogP contribution in [0.25, 0.3) is 11.1 Å². The van der Waals surface area contributed by atoms with Gasteiger partial charge in [-0.3, -0.25) is 4.98 Å². The first-order chi connectivity index (χ1) is 9.70. The van der Waals surface area contributed by atoms with Crippen LogP contribution in [-0.4, -0.2) is 16.1 Å². The van der Waals surface area contributed by atoms with Crippen molar-refractivity contribution in [1.29, 1.82) is 0 Å². The van der Waals surface area contributed by atoms with E-state index in [2.05, 4.69) is 4.98 Å². The lowest BCUT2D eigenvalue weighted by Crippen LogP contribution is -2.20. The molecule has 0 amide bonds. The number of aryl methyl sites for hydroxylation is 1. The fraction of sp³-hybridized carbons (Fsp3) is 0.294. The van der Waals surface area contributed by atoms with Gasteiger partial charge in [0.1, 0.15) is 0 Å². The van der Waals surface area contributed by atoms with Gasteiger partial charge in [-0.2, -0.15) is 0 Å². The number of rotatable bonds is 2. The summed E-state index contributed by atoms with van der Waals surface area (Å²) in [6.07, 6.45) is 0. The Hall–Kier alpha value is -1.87. The third-order valence-electron chi connectivity index (χ3n) is 3.31. The third-order valence-corrected chi connectivity index (χ3v) is 3.56. The lowest BCUT2D eigenvalue weighted by atomic mass is 9.86. The molecule has 21 heavy (non-hydrogen) atoms. The summed E-state index contributed by atoms with van der Waals surface area (Å²) in [7, 11) is 0. The van der Waals surface area contributed by atoms with Crippen molar-refractivity contribution < 1.29 is 9.90 Å². The molecule has 4 heteroatoms. The van der Waals surface area contributed by atoms with Gasteiger partial charge in [0.15, 0.2) is 0 Å². The molecular formula is C17H18ClNO2. The second kappa shape index (κ2) is 5.49. The minimum Gasteiger partial charge on any atom is -0.478 e. The maximum Gasteiger partial charge on any atom is 0.337 e. The SMILES string of the molecule is Cc1nc(C(C)(C)C)c(C(=O)O)cc1-c1ccc(Cl)cc1. The average Bonchev–Trinajstić information content (AvgIpc) is 2.38. The molecule has 2 aromatic rings. The molecule has 0 bridgehead atoms. The van der Waals surface area contributed by atoms with Crippen LogP contribution in [0.3, 0.4) is 0 Å². The lowest BCUT2D eigenvalue weighted by Gasteiger charge is -2.22. The van der Waals surface area contributed by atoms with E-state index in [-0.39, 0.29) is 11.0 Å². The molecule has 1 aromatic heterocycles. The topological polar surface area (TPSA) is 50.2 Å². The van der Waals surface area contributed by atoms with Gasteiger partial charge in [-0.1, -0.05) is 44.5 Å². The Balaban J connectivity index is 2.67. The highest BCUT2D eigenvalue weighted by atomic mass is 35.5. The van der Waals surface area contributed by atoms with Gasteiger partial charge in [0, 0.05) is 21.7 Å². The second-order valence-electron chi connectivity index (χ2n) is 6.08. The number of hydrogen-bond acceptors (Lipinski definition) is 2. The number of pyridine rings is 1. The zero-order chi connectivity index (χ0) is 15.8. The fourth-order valence-electron chi connectivity index (χ4n) is 2.26. The molecule has 0 saturated carbocycles. The van der Waals surface area contributed by atoms with Crippen molar-refractivity contribution in [3.63, 3.8) is 0 Å². The Morgan fingerprint density at radius 1 is 1.19 bits per heavy atom. The van der Waals surface area contributed by atoms with E-state index in [1.807, 2.05) is 39.8 Å². The Bertz CT molecular complexity index is 685. The Labute approximate surface area is 129 Å². The Morgan fingerprint density at radius 2 is 1.76 bits per heavy atom. The van der Waals surface area contributed by atoms with Crippen LogP contribution in [-0.2, 0) is 5.41 Å². The Kier molecular flexibility index (Phi) is 4.06. The number of aromatic nitrogens is 1. The van der Waals surface area contributed by atoms with Crippen LogP contribution in [0.15, 0.2) is 30.3 Å². The van der Waals surface area contributed by atoms with Crippen molar-refractivity contribution in [3.8, 4) is 11.1 Å². The Morgan fingerprint density at radius 3 is 2.24 bits per heavy atom. The molecular weight excluding hydrogens is 286 g/mol. The maximum absolute atomic E-state index is 11.6. The smallest absolute Gasteiger partial charge is 0.337 e.